The van der Waals surface area contributed by atoms with Crippen molar-refractivity contribution in [1.82, 2.24) is 0 Å². The summed E-state index contributed by atoms with van der Waals surface area (Å²) in [4.78, 5) is 0. The third kappa shape index (κ3) is 3.76. The molecule has 2 heteroatoms. The molecular weight excluding hydrogens is 90.1 g/mol. The van der Waals surface area contributed by atoms with E-state index in [-0.39, 0.29) is 0 Å². The molecule has 1 unspecified atom stereocenters. The van der Waals surface area contributed by atoms with E-state index in [0.29, 0.717) is 6.04 Å². The van der Waals surface area contributed by atoms with E-state index < -0.39 is 0 Å². The van der Waals surface area contributed by atoms with Crippen LogP contribution in [0.1, 0.15) is 6.92 Å². The zero-order valence-corrected chi connectivity index (χ0v) is 4.98. The van der Waals surface area contributed by atoms with Crippen LogP contribution in [0.25, 0.3) is 0 Å². The topological polar surface area (TPSA) is 25.8 Å². The third-order valence-corrected chi connectivity index (χ3v) is 0.832. The number of hydrogen-bond acceptors (Lipinski definition) is 1. The van der Waals surface area contributed by atoms with Crippen molar-refractivity contribution in [1.29, 1.82) is 0 Å². The van der Waals surface area contributed by atoms with Crippen LogP contribution in [0.2, 0.25) is 0 Å². The maximum absolute atomic E-state index is 4.82. The Kier molecular flexibility index (Phi) is 4.04. The van der Waals surface area contributed by atoms with Crippen molar-refractivity contribution in [2.45, 2.75) is 13.0 Å². The summed E-state index contributed by atoms with van der Waals surface area (Å²) in [5.74, 6) is 0. The lowest BCUT2D eigenvalue weighted by Gasteiger charge is -2.07. The lowest BCUT2D eigenvalue weighted by Crippen LogP contribution is -2.83. The average molecular weight is 103 g/mol. The van der Waals surface area contributed by atoms with E-state index in [1.165, 1.54) is 0 Å². The Morgan fingerprint density at radius 1 is 1.86 bits per heavy atom. The molecule has 2 nitrogen and oxygen atoms in total. The van der Waals surface area contributed by atoms with Crippen LogP contribution in [0.15, 0.2) is 0 Å². The Bertz CT molecular complexity index is 39.1. The zero-order chi connectivity index (χ0) is 5.70. The number of hydrogen-bond donors (Lipinski definition) is 1. The Morgan fingerprint density at radius 3 is 2.57 bits per heavy atom. The first kappa shape index (κ1) is 6.92. The summed E-state index contributed by atoms with van der Waals surface area (Å²) < 4.78 is 4.82. The van der Waals surface area contributed by atoms with Crippen LogP contribution in [0, 0.1) is 7.05 Å². The van der Waals surface area contributed by atoms with Crippen LogP contribution >= 0.6 is 0 Å². The molecule has 0 saturated carbocycles. The fraction of sp³-hybridized carbons (Fsp3) is 0.800. The van der Waals surface area contributed by atoms with Gasteiger partial charge >= 0.3 is 0 Å². The molecule has 0 aliphatic rings. The van der Waals surface area contributed by atoms with Crippen molar-refractivity contribution in [3.8, 4) is 0 Å². The van der Waals surface area contributed by atoms with E-state index in [4.69, 9.17) is 4.74 Å². The van der Waals surface area contributed by atoms with Gasteiger partial charge in [0.05, 0.1) is 12.6 Å². The lowest BCUT2D eigenvalue weighted by atomic mass is 10.4. The normalized spacial score (nSPS) is 14.1. The van der Waals surface area contributed by atoms with Gasteiger partial charge in [0.1, 0.15) is 0 Å². The minimum absolute atomic E-state index is 0.491. The molecule has 1 atom stereocenters. The molecule has 0 rings (SSSR count). The number of ether oxygens (including phenoxy) is 1. The monoisotopic (exact) mass is 103 g/mol. The van der Waals surface area contributed by atoms with Crippen LogP contribution in [0.3, 0.4) is 0 Å². The second-order valence-corrected chi connectivity index (χ2v) is 1.67. The highest BCUT2D eigenvalue weighted by molar-refractivity contribution is 4.37. The largest absolute Gasteiger partial charge is 0.475 e. The predicted molar refractivity (Wildman–Crippen MR) is 28.6 cm³/mol. The first-order valence-electron chi connectivity index (χ1n) is 2.42. The number of quaternary nitrogens is 1. The molecule has 0 aromatic rings. The minimum Gasteiger partial charge on any atom is -0.475 e. The van der Waals surface area contributed by atoms with E-state index >= 15 is 0 Å². The summed E-state index contributed by atoms with van der Waals surface area (Å²) in [5, 5.41) is 1.88. The SMILES string of the molecule is [CH2-][NH2+]C(C)COC. The minimum atomic E-state index is 0.491. The molecule has 0 aromatic heterocycles. The summed E-state index contributed by atoms with van der Waals surface area (Å²) in [6.45, 7) is 2.85. The lowest BCUT2D eigenvalue weighted by molar-refractivity contribution is -0.632. The van der Waals surface area contributed by atoms with Gasteiger partial charge in [-0.3, -0.25) is 0 Å². The summed E-state index contributed by atoms with van der Waals surface area (Å²) in [6, 6.07) is 0.491. The van der Waals surface area contributed by atoms with E-state index in [2.05, 4.69) is 14.0 Å². The van der Waals surface area contributed by atoms with Crippen molar-refractivity contribution < 1.29 is 10.1 Å². The second-order valence-electron chi connectivity index (χ2n) is 1.67. The molecule has 2 N–H and O–H groups in total. The van der Waals surface area contributed by atoms with Crippen LogP contribution in [0.5, 0.6) is 0 Å². The maximum Gasteiger partial charge on any atom is 0.0956 e. The highest BCUT2D eigenvalue weighted by Gasteiger charge is 1.92. The number of methoxy groups -OCH3 is 1. The maximum atomic E-state index is 4.82. The molecule has 0 aromatic carbocycles. The Hall–Kier alpha value is -0.0800. The Balaban J connectivity index is 2.83. The highest BCUT2D eigenvalue weighted by atomic mass is 16.5. The fourth-order valence-corrected chi connectivity index (χ4v) is 0.331. The molecule has 0 heterocycles. The average Bonchev–Trinajstić information content (AvgIpc) is 1.68. The molecule has 0 fully saturated rings. The van der Waals surface area contributed by atoms with Gasteiger partial charge in [-0.25, -0.2) is 0 Å². The molecular formula is C5H13NO. The van der Waals surface area contributed by atoms with Crippen LogP contribution in [-0.2, 0) is 4.74 Å². The van der Waals surface area contributed by atoms with Crippen LogP contribution in [-0.4, -0.2) is 19.8 Å². The summed E-state index contributed by atoms with van der Waals surface area (Å²) in [7, 11) is 5.29. The molecule has 0 radical (unpaired) electrons. The van der Waals surface area contributed by atoms with Gasteiger partial charge in [0.15, 0.2) is 0 Å². The third-order valence-electron chi connectivity index (χ3n) is 0.832. The smallest absolute Gasteiger partial charge is 0.0956 e. The van der Waals surface area contributed by atoms with Crippen molar-refractivity contribution in [3.63, 3.8) is 0 Å². The van der Waals surface area contributed by atoms with Gasteiger partial charge < -0.3 is 10.1 Å². The van der Waals surface area contributed by atoms with Crippen molar-refractivity contribution in [3.05, 3.63) is 7.05 Å². The first-order valence-corrected chi connectivity index (χ1v) is 2.42. The zero-order valence-electron chi connectivity index (χ0n) is 4.98. The highest BCUT2D eigenvalue weighted by Crippen LogP contribution is 1.70. The molecule has 0 aliphatic heterocycles. The number of nitrogens with two attached hydrogens (primary N) is 1. The van der Waals surface area contributed by atoms with Crippen molar-refractivity contribution in [2.24, 2.45) is 0 Å². The van der Waals surface area contributed by atoms with Crippen molar-refractivity contribution >= 4 is 0 Å². The first-order chi connectivity index (χ1) is 3.31. The summed E-state index contributed by atoms with van der Waals surface area (Å²) in [6.07, 6.45) is 0. The van der Waals surface area contributed by atoms with Gasteiger partial charge in [-0.1, -0.05) is 0 Å². The van der Waals surface area contributed by atoms with Crippen LogP contribution < -0.4 is 5.32 Å². The molecule has 44 valence electrons. The van der Waals surface area contributed by atoms with Crippen LogP contribution in [0.4, 0.5) is 0 Å². The molecule has 0 saturated heterocycles. The van der Waals surface area contributed by atoms with Gasteiger partial charge in [-0.2, -0.15) is 7.05 Å². The van der Waals surface area contributed by atoms with E-state index in [1.54, 1.807) is 7.11 Å². The summed E-state index contributed by atoms with van der Waals surface area (Å²) >= 11 is 0. The van der Waals surface area contributed by atoms with E-state index in [0.717, 1.165) is 6.61 Å². The Labute approximate surface area is 44.9 Å². The van der Waals surface area contributed by atoms with Gasteiger partial charge in [0.25, 0.3) is 0 Å². The van der Waals surface area contributed by atoms with Gasteiger partial charge in [0.2, 0.25) is 0 Å². The molecule has 7 heavy (non-hydrogen) atoms. The number of rotatable bonds is 3. The fourth-order valence-electron chi connectivity index (χ4n) is 0.331. The summed E-state index contributed by atoms with van der Waals surface area (Å²) in [5.41, 5.74) is 0. The predicted octanol–water partition coefficient (Wildman–Crippen LogP) is -0.624. The second kappa shape index (κ2) is 4.09. The van der Waals surface area contributed by atoms with E-state index in [9.17, 15) is 0 Å². The van der Waals surface area contributed by atoms with Gasteiger partial charge in [-0.15, -0.1) is 0 Å². The van der Waals surface area contributed by atoms with Gasteiger partial charge in [-0.05, 0) is 6.92 Å². The quantitative estimate of drug-likeness (QED) is 0.473. The molecule has 0 spiro atoms. The van der Waals surface area contributed by atoms with Crippen molar-refractivity contribution in [2.75, 3.05) is 13.7 Å². The molecule has 0 aliphatic carbocycles. The van der Waals surface area contributed by atoms with E-state index in [1.807, 2.05) is 5.32 Å². The van der Waals surface area contributed by atoms with Gasteiger partial charge in [0, 0.05) is 7.11 Å². The Morgan fingerprint density at radius 2 is 2.43 bits per heavy atom. The standard InChI is InChI=1S/C5H13NO/c1-5(6-2)4-7-3/h5H,2,4,6H2,1,3H3. The molecule has 0 amide bonds. The molecule has 0 bridgehead atoms.